The smallest absolute Gasteiger partial charge is 0.307 e. The molecule has 1 aromatic carbocycles. The Kier molecular flexibility index (Phi) is 3.83. The van der Waals surface area contributed by atoms with Crippen molar-refractivity contribution in [2.75, 3.05) is 31.1 Å². The maximum absolute atomic E-state index is 12.4. The van der Waals surface area contributed by atoms with E-state index in [1.165, 1.54) is 0 Å². The van der Waals surface area contributed by atoms with Crippen LogP contribution in [0, 0.1) is 11.8 Å². The number of carbonyl (C=O) groups is 2. The number of benzene rings is 1. The molecule has 0 bridgehead atoms. The van der Waals surface area contributed by atoms with Gasteiger partial charge in [0, 0.05) is 26.2 Å². The van der Waals surface area contributed by atoms with Crippen LogP contribution in [0.4, 0.5) is 5.95 Å². The Bertz CT molecular complexity index is 784. The van der Waals surface area contributed by atoms with Gasteiger partial charge in [-0.05, 0) is 29.0 Å². The molecular formula is C16H18N6O3. The summed E-state index contributed by atoms with van der Waals surface area (Å²) < 4.78 is 1.68. The minimum Gasteiger partial charge on any atom is -0.481 e. The molecule has 0 spiro atoms. The standard InChI is InChI=1S/C16H18N6O3/c23-14(12-10-13(12)15(24)25)20-6-8-21(9-7-20)16-17-18-19-22(16)11-4-2-1-3-5-11/h1-5,12-13H,6-10H2,(H,24,25)/t12-,13+/m0/s1. The van der Waals surface area contributed by atoms with Crippen LogP contribution in [-0.4, -0.2) is 68.3 Å². The minimum atomic E-state index is -0.876. The molecule has 2 aromatic rings. The van der Waals surface area contributed by atoms with E-state index in [2.05, 4.69) is 15.5 Å². The SMILES string of the molecule is O=C(O)[C@@H]1C[C@@H]1C(=O)N1CCN(c2nnnn2-c2ccccc2)CC1. The predicted octanol–water partition coefficient (Wildman–Crippen LogP) is 0.0316. The van der Waals surface area contributed by atoms with Crippen molar-refractivity contribution in [3.63, 3.8) is 0 Å². The average Bonchev–Trinajstić information content (AvgIpc) is 3.31. The van der Waals surface area contributed by atoms with E-state index in [9.17, 15) is 9.59 Å². The number of rotatable bonds is 4. The number of piperazine rings is 1. The molecule has 1 saturated carbocycles. The lowest BCUT2D eigenvalue weighted by Gasteiger charge is -2.35. The molecule has 0 unspecified atom stereocenters. The van der Waals surface area contributed by atoms with Crippen LogP contribution in [-0.2, 0) is 9.59 Å². The second kappa shape index (κ2) is 6.15. The molecule has 1 aliphatic heterocycles. The number of tetrazole rings is 1. The molecule has 130 valence electrons. The molecule has 25 heavy (non-hydrogen) atoms. The highest BCUT2D eigenvalue weighted by molar-refractivity contribution is 5.89. The third-order valence-electron chi connectivity index (χ3n) is 4.75. The van der Waals surface area contributed by atoms with Gasteiger partial charge in [-0.25, -0.2) is 0 Å². The fourth-order valence-electron chi connectivity index (χ4n) is 3.22. The van der Waals surface area contributed by atoms with Gasteiger partial charge in [0.2, 0.25) is 11.9 Å². The van der Waals surface area contributed by atoms with Crippen LogP contribution in [0.15, 0.2) is 30.3 Å². The molecule has 1 aliphatic carbocycles. The lowest BCUT2D eigenvalue weighted by molar-refractivity contribution is -0.142. The number of aliphatic carboxylic acids is 1. The van der Waals surface area contributed by atoms with E-state index in [4.69, 9.17) is 5.11 Å². The second-order valence-corrected chi connectivity index (χ2v) is 6.33. The molecule has 1 saturated heterocycles. The van der Waals surface area contributed by atoms with Gasteiger partial charge in [0.25, 0.3) is 0 Å². The van der Waals surface area contributed by atoms with E-state index in [1.807, 2.05) is 35.2 Å². The number of hydrogen-bond acceptors (Lipinski definition) is 6. The quantitative estimate of drug-likeness (QED) is 0.836. The molecule has 2 heterocycles. The van der Waals surface area contributed by atoms with E-state index in [0.29, 0.717) is 38.5 Å². The molecule has 4 rings (SSSR count). The van der Waals surface area contributed by atoms with Crippen LogP contribution >= 0.6 is 0 Å². The van der Waals surface area contributed by atoms with Crippen LogP contribution < -0.4 is 4.90 Å². The first kappa shape index (κ1) is 15.6. The predicted molar refractivity (Wildman–Crippen MR) is 87.2 cm³/mol. The van der Waals surface area contributed by atoms with Gasteiger partial charge in [0.1, 0.15) is 0 Å². The largest absolute Gasteiger partial charge is 0.481 e. The fourth-order valence-corrected chi connectivity index (χ4v) is 3.22. The summed E-state index contributed by atoms with van der Waals surface area (Å²) >= 11 is 0. The minimum absolute atomic E-state index is 0.0466. The fraction of sp³-hybridized carbons (Fsp3) is 0.438. The molecule has 9 heteroatoms. The van der Waals surface area contributed by atoms with E-state index >= 15 is 0 Å². The van der Waals surface area contributed by atoms with Gasteiger partial charge >= 0.3 is 5.97 Å². The molecule has 1 N–H and O–H groups in total. The summed E-state index contributed by atoms with van der Waals surface area (Å²) in [6, 6.07) is 9.63. The van der Waals surface area contributed by atoms with Crippen LogP contribution in [0.5, 0.6) is 0 Å². The van der Waals surface area contributed by atoms with Crippen molar-refractivity contribution < 1.29 is 14.7 Å². The van der Waals surface area contributed by atoms with Crippen molar-refractivity contribution in [3.8, 4) is 5.69 Å². The summed E-state index contributed by atoms with van der Waals surface area (Å²) in [4.78, 5) is 27.1. The second-order valence-electron chi connectivity index (χ2n) is 6.33. The Balaban J connectivity index is 1.41. The zero-order valence-corrected chi connectivity index (χ0v) is 13.5. The van der Waals surface area contributed by atoms with E-state index in [-0.39, 0.29) is 11.8 Å². The van der Waals surface area contributed by atoms with E-state index < -0.39 is 11.9 Å². The highest BCUT2D eigenvalue weighted by Crippen LogP contribution is 2.40. The number of para-hydroxylation sites is 1. The molecule has 2 fully saturated rings. The Morgan fingerprint density at radius 2 is 1.76 bits per heavy atom. The summed E-state index contributed by atoms with van der Waals surface area (Å²) in [5, 5.41) is 20.9. The monoisotopic (exact) mass is 342 g/mol. The van der Waals surface area contributed by atoms with Crippen molar-refractivity contribution in [3.05, 3.63) is 30.3 Å². The van der Waals surface area contributed by atoms with Crippen molar-refractivity contribution in [1.29, 1.82) is 0 Å². The normalized spacial score (nSPS) is 22.7. The summed E-state index contributed by atoms with van der Waals surface area (Å²) in [5.41, 5.74) is 0.878. The zero-order valence-electron chi connectivity index (χ0n) is 13.5. The first-order valence-corrected chi connectivity index (χ1v) is 8.25. The van der Waals surface area contributed by atoms with E-state index in [1.54, 1.807) is 9.58 Å². The van der Waals surface area contributed by atoms with Gasteiger partial charge < -0.3 is 14.9 Å². The number of carboxylic acids is 1. The number of anilines is 1. The maximum atomic E-state index is 12.4. The van der Waals surface area contributed by atoms with Crippen molar-refractivity contribution in [2.45, 2.75) is 6.42 Å². The van der Waals surface area contributed by atoms with E-state index in [0.717, 1.165) is 5.69 Å². The van der Waals surface area contributed by atoms with Gasteiger partial charge in [0.15, 0.2) is 0 Å². The number of hydrogen-bond donors (Lipinski definition) is 1. The number of amides is 1. The summed E-state index contributed by atoms with van der Waals surface area (Å²) in [6.45, 7) is 2.32. The Hall–Kier alpha value is -2.97. The highest BCUT2D eigenvalue weighted by atomic mass is 16.4. The van der Waals surface area contributed by atoms with Gasteiger partial charge in [0.05, 0.1) is 17.5 Å². The highest BCUT2D eigenvalue weighted by Gasteiger charge is 2.50. The molecule has 2 atom stereocenters. The molecule has 1 aromatic heterocycles. The van der Waals surface area contributed by atoms with Gasteiger partial charge in [-0.15, -0.1) is 0 Å². The van der Waals surface area contributed by atoms with Crippen molar-refractivity contribution in [2.24, 2.45) is 11.8 Å². The van der Waals surface area contributed by atoms with Crippen LogP contribution in [0.25, 0.3) is 5.69 Å². The molecule has 2 aliphatic rings. The van der Waals surface area contributed by atoms with Gasteiger partial charge in [-0.3, -0.25) is 9.59 Å². The summed E-state index contributed by atoms with van der Waals surface area (Å²) in [5.74, 6) is -1.13. The summed E-state index contributed by atoms with van der Waals surface area (Å²) in [7, 11) is 0. The number of carbonyl (C=O) groups excluding carboxylic acids is 1. The van der Waals surface area contributed by atoms with Crippen molar-refractivity contribution in [1.82, 2.24) is 25.1 Å². The first-order valence-electron chi connectivity index (χ1n) is 8.25. The number of carboxylic acid groups (broad SMARTS) is 1. The third-order valence-corrected chi connectivity index (χ3v) is 4.75. The molecular weight excluding hydrogens is 324 g/mol. The van der Waals surface area contributed by atoms with Crippen LogP contribution in [0.3, 0.4) is 0 Å². The Morgan fingerprint density at radius 1 is 1.04 bits per heavy atom. The lowest BCUT2D eigenvalue weighted by atomic mass is 10.2. The van der Waals surface area contributed by atoms with Gasteiger partial charge in [-0.2, -0.15) is 4.68 Å². The van der Waals surface area contributed by atoms with Gasteiger partial charge in [-0.1, -0.05) is 23.3 Å². The molecule has 9 nitrogen and oxygen atoms in total. The molecule has 1 amide bonds. The van der Waals surface area contributed by atoms with Crippen LogP contribution in [0.2, 0.25) is 0 Å². The Morgan fingerprint density at radius 3 is 2.40 bits per heavy atom. The zero-order chi connectivity index (χ0) is 17.4. The van der Waals surface area contributed by atoms with Crippen LogP contribution in [0.1, 0.15) is 6.42 Å². The Labute approximate surface area is 143 Å². The first-order chi connectivity index (χ1) is 12.1. The average molecular weight is 342 g/mol. The maximum Gasteiger partial charge on any atom is 0.307 e. The number of aromatic nitrogens is 4. The molecule has 0 radical (unpaired) electrons. The third kappa shape index (κ3) is 2.92. The summed E-state index contributed by atoms with van der Waals surface area (Å²) in [6.07, 6.45) is 0.459. The van der Waals surface area contributed by atoms with Crippen molar-refractivity contribution >= 4 is 17.8 Å². The number of nitrogens with zero attached hydrogens (tertiary/aromatic N) is 6. The topological polar surface area (TPSA) is 104 Å². The lowest BCUT2D eigenvalue weighted by Crippen LogP contribution is -2.50.